The van der Waals surface area contributed by atoms with Crippen molar-refractivity contribution in [3.8, 4) is 0 Å². The van der Waals surface area contributed by atoms with Crippen LogP contribution in [0.2, 0.25) is 0 Å². The fourth-order valence-corrected chi connectivity index (χ4v) is 4.01. The first-order valence-corrected chi connectivity index (χ1v) is 8.60. The lowest BCUT2D eigenvalue weighted by atomic mass is 9.94. The molecule has 24 heavy (non-hydrogen) atoms. The van der Waals surface area contributed by atoms with Crippen LogP contribution in [0.4, 0.5) is 17.6 Å². The molecule has 4 N–H and O–H groups in total. The van der Waals surface area contributed by atoms with Gasteiger partial charge in [0.05, 0.1) is 0 Å². The van der Waals surface area contributed by atoms with Crippen LogP contribution < -0.4 is 16.4 Å². The van der Waals surface area contributed by atoms with Crippen molar-refractivity contribution >= 4 is 17.6 Å². The van der Waals surface area contributed by atoms with Gasteiger partial charge in [-0.05, 0) is 24.3 Å². The van der Waals surface area contributed by atoms with Gasteiger partial charge in [-0.2, -0.15) is 9.97 Å². The summed E-state index contributed by atoms with van der Waals surface area (Å²) in [4.78, 5) is 13.3. The maximum Gasteiger partial charge on any atom is 0.223 e. The van der Waals surface area contributed by atoms with Gasteiger partial charge in [-0.15, -0.1) is 0 Å². The molecule has 2 aromatic rings. The maximum atomic E-state index is 5.85. The molecule has 3 aliphatic rings. The molecule has 0 aliphatic carbocycles. The maximum absolute atomic E-state index is 5.85. The largest absolute Gasteiger partial charge is 0.383 e. The monoisotopic (exact) mass is 324 g/mol. The average Bonchev–Trinajstić information content (AvgIpc) is 2.87. The summed E-state index contributed by atoms with van der Waals surface area (Å²) in [5.74, 6) is 2.21. The first-order valence-electron chi connectivity index (χ1n) is 8.60. The minimum atomic E-state index is 0.253. The SMILES string of the molecule is Nc1cc(N2C[C@H]3CC[C@@H](C2)N(Cc2ccccc2)C3)nc(N)n1. The van der Waals surface area contributed by atoms with E-state index in [2.05, 4.69) is 50.1 Å². The number of nitrogens with zero attached hydrogens (tertiary/aromatic N) is 4. The Labute approximate surface area is 142 Å². The smallest absolute Gasteiger partial charge is 0.223 e. The van der Waals surface area contributed by atoms with Gasteiger partial charge in [0.1, 0.15) is 11.6 Å². The van der Waals surface area contributed by atoms with Crippen LogP contribution in [0.25, 0.3) is 0 Å². The van der Waals surface area contributed by atoms with Crippen molar-refractivity contribution in [2.24, 2.45) is 5.92 Å². The number of benzene rings is 1. The third-order valence-electron chi connectivity index (χ3n) is 5.13. The summed E-state index contributed by atoms with van der Waals surface area (Å²) in [6.45, 7) is 4.15. The van der Waals surface area contributed by atoms with E-state index in [1.807, 2.05) is 6.07 Å². The first kappa shape index (κ1) is 15.2. The van der Waals surface area contributed by atoms with Crippen molar-refractivity contribution in [1.82, 2.24) is 14.9 Å². The highest BCUT2D eigenvalue weighted by Gasteiger charge is 2.35. The Bertz CT molecular complexity index is 684. The van der Waals surface area contributed by atoms with Crippen LogP contribution >= 0.6 is 0 Å². The number of hydrogen-bond acceptors (Lipinski definition) is 6. The molecule has 0 spiro atoms. The number of rotatable bonds is 3. The molecule has 2 bridgehead atoms. The van der Waals surface area contributed by atoms with E-state index < -0.39 is 0 Å². The molecule has 0 unspecified atom stereocenters. The number of anilines is 3. The predicted molar refractivity (Wildman–Crippen MR) is 96.4 cm³/mol. The van der Waals surface area contributed by atoms with Gasteiger partial charge < -0.3 is 16.4 Å². The number of hydrogen-bond donors (Lipinski definition) is 2. The fourth-order valence-electron chi connectivity index (χ4n) is 4.01. The molecule has 1 aromatic carbocycles. The zero-order valence-corrected chi connectivity index (χ0v) is 13.8. The molecular formula is C18H24N6. The van der Waals surface area contributed by atoms with Gasteiger partial charge in [0.25, 0.3) is 0 Å². The summed E-state index contributed by atoms with van der Waals surface area (Å²) in [6.07, 6.45) is 2.52. The van der Waals surface area contributed by atoms with Gasteiger partial charge in [-0.3, -0.25) is 4.90 Å². The Kier molecular flexibility index (Phi) is 3.98. The van der Waals surface area contributed by atoms with Gasteiger partial charge >= 0.3 is 0 Å². The van der Waals surface area contributed by atoms with Gasteiger partial charge in [0.2, 0.25) is 5.95 Å². The van der Waals surface area contributed by atoms with E-state index in [-0.39, 0.29) is 5.95 Å². The van der Waals surface area contributed by atoms with Crippen molar-refractivity contribution in [3.63, 3.8) is 0 Å². The fraction of sp³-hybridized carbons (Fsp3) is 0.444. The summed E-state index contributed by atoms with van der Waals surface area (Å²) < 4.78 is 0. The van der Waals surface area contributed by atoms with Crippen molar-refractivity contribution in [3.05, 3.63) is 42.0 Å². The van der Waals surface area contributed by atoms with Crippen LogP contribution in [0.1, 0.15) is 18.4 Å². The third kappa shape index (κ3) is 3.14. The van der Waals surface area contributed by atoms with Crippen LogP contribution in [-0.4, -0.2) is 40.5 Å². The van der Waals surface area contributed by atoms with Gasteiger partial charge in [0.15, 0.2) is 0 Å². The van der Waals surface area contributed by atoms with E-state index in [4.69, 9.17) is 11.5 Å². The van der Waals surface area contributed by atoms with Crippen molar-refractivity contribution < 1.29 is 0 Å². The number of nitrogens with two attached hydrogens (primary N) is 2. The van der Waals surface area contributed by atoms with E-state index in [9.17, 15) is 0 Å². The molecule has 2 atom stereocenters. The average molecular weight is 324 g/mol. The van der Waals surface area contributed by atoms with E-state index in [1.54, 1.807) is 0 Å². The molecule has 4 heterocycles. The molecule has 1 aromatic heterocycles. The van der Waals surface area contributed by atoms with Gasteiger partial charge in [-0.1, -0.05) is 30.3 Å². The lowest BCUT2D eigenvalue weighted by Crippen LogP contribution is -2.43. The Morgan fingerprint density at radius 3 is 2.62 bits per heavy atom. The second-order valence-corrected chi connectivity index (χ2v) is 6.93. The van der Waals surface area contributed by atoms with Gasteiger partial charge in [0, 0.05) is 38.3 Å². The van der Waals surface area contributed by atoms with Crippen molar-refractivity contribution in [2.45, 2.75) is 25.4 Å². The standard InChI is InChI=1S/C18H24N6/c19-16-8-17(22-18(20)21-16)24-11-14-6-7-15(12-24)23(10-14)9-13-4-2-1-3-5-13/h1-5,8,14-15H,6-7,9-12H2,(H4,19,20,21,22)/t14-,15-/m0/s1. The zero-order valence-electron chi connectivity index (χ0n) is 13.8. The Hall–Kier alpha value is -2.34. The number of nitrogen functional groups attached to an aromatic ring is 2. The highest BCUT2D eigenvalue weighted by molar-refractivity contribution is 5.50. The molecule has 3 aliphatic heterocycles. The van der Waals surface area contributed by atoms with Crippen LogP contribution in [0, 0.1) is 5.92 Å². The van der Waals surface area contributed by atoms with Crippen LogP contribution in [0.5, 0.6) is 0 Å². The minimum absolute atomic E-state index is 0.253. The van der Waals surface area contributed by atoms with E-state index in [1.165, 1.54) is 18.4 Å². The van der Waals surface area contributed by atoms with E-state index in [0.29, 0.717) is 17.8 Å². The molecule has 3 saturated heterocycles. The molecular weight excluding hydrogens is 300 g/mol. The zero-order chi connectivity index (χ0) is 16.5. The molecule has 6 heteroatoms. The molecule has 0 saturated carbocycles. The molecule has 0 radical (unpaired) electrons. The predicted octanol–water partition coefficient (Wildman–Crippen LogP) is 1.74. The molecule has 6 nitrogen and oxygen atoms in total. The normalized spacial score (nSPS) is 24.1. The van der Waals surface area contributed by atoms with E-state index in [0.717, 1.165) is 32.0 Å². The highest BCUT2D eigenvalue weighted by atomic mass is 15.3. The van der Waals surface area contributed by atoms with Crippen LogP contribution in [-0.2, 0) is 6.54 Å². The number of piperidine rings is 1. The van der Waals surface area contributed by atoms with Crippen molar-refractivity contribution in [2.75, 3.05) is 36.0 Å². The summed E-state index contributed by atoms with van der Waals surface area (Å²) in [5, 5.41) is 0. The van der Waals surface area contributed by atoms with Crippen LogP contribution in [0.3, 0.4) is 0 Å². The lowest BCUT2D eigenvalue weighted by Gasteiger charge is -2.36. The summed E-state index contributed by atoms with van der Waals surface area (Å²) in [5.41, 5.74) is 13.0. The van der Waals surface area contributed by atoms with Crippen molar-refractivity contribution in [1.29, 1.82) is 0 Å². The number of fused-ring (bicyclic) bond motifs is 4. The molecule has 5 rings (SSSR count). The Morgan fingerprint density at radius 2 is 1.83 bits per heavy atom. The summed E-state index contributed by atoms with van der Waals surface area (Å²) >= 11 is 0. The molecule has 126 valence electrons. The topological polar surface area (TPSA) is 84.3 Å². The summed E-state index contributed by atoms with van der Waals surface area (Å²) in [7, 11) is 0. The first-order chi connectivity index (χ1) is 11.7. The number of aromatic nitrogens is 2. The quantitative estimate of drug-likeness (QED) is 0.895. The van der Waals surface area contributed by atoms with Gasteiger partial charge in [-0.25, -0.2) is 0 Å². The molecule has 3 fully saturated rings. The van der Waals surface area contributed by atoms with E-state index >= 15 is 0 Å². The highest BCUT2D eigenvalue weighted by Crippen LogP contribution is 2.31. The minimum Gasteiger partial charge on any atom is -0.383 e. The lowest BCUT2D eigenvalue weighted by molar-refractivity contribution is 0.126. The second-order valence-electron chi connectivity index (χ2n) is 6.93. The third-order valence-corrected chi connectivity index (χ3v) is 5.13. The Balaban J connectivity index is 1.54. The van der Waals surface area contributed by atoms with Crippen LogP contribution in [0.15, 0.2) is 36.4 Å². The Morgan fingerprint density at radius 1 is 1.00 bits per heavy atom. The second kappa shape index (κ2) is 6.28. The summed E-state index contributed by atoms with van der Waals surface area (Å²) in [6, 6.07) is 13.1. The molecule has 0 amide bonds.